The van der Waals surface area contributed by atoms with Crippen LogP contribution in [-0.2, 0) is 16.0 Å². The number of nitrogens with zero attached hydrogens (tertiary/aromatic N) is 2. The first-order valence-electron chi connectivity index (χ1n) is 8.85. The molecule has 2 rings (SSSR count). The lowest BCUT2D eigenvalue weighted by atomic mass is 10.1. The van der Waals surface area contributed by atoms with Gasteiger partial charge in [-0.15, -0.1) is 23.2 Å². The zero-order valence-electron chi connectivity index (χ0n) is 15.1. The van der Waals surface area contributed by atoms with Crippen LogP contribution < -0.4 is 4.90 Å². The van der Waals surface area contributed by atoms with E-state index in [1.54, 1.807) is 5.06 Å². The molecule has 0 aromatic heterocycles. The summed E-state index contributed by atoms with van der Waals surface area (Å²) in [6, 6.07) is 8.38. The standard InChI is InChI=1S/C18H28Cl2N2O4/c1-25-22(18-17(24)16(23)13-26-18)10-2-3-14-4-6-15(7-5-14)21(11-8-19)12-9-20/h4-7,16-18,23-24H,2-3,8-13H2,1H3/t16-,17-,18-/m1/s1. The number of hydroxylamine groups is 2. The molecule has 26 heavy (non-hydrogen) atoms. The van der Waals surface area contributed by atoms with Crippen molar-refractivity contribution < 1.29 is 19.8 Å². The number of anilines is 1. The Morgan fingerprint density at radius 2 is 1.77 bits per heavy atom. The van der Waals surface area contributed by atoms with E-state index in [9.17, 15) is 10.2 Å². The van der Waals surface area contributed by atoms with E-state index in [2.05, 4.69) is 29.2 Å². The first kappa shape index (κ1) is 21.7. The van der Waals surface area contributed by atoms with Gasteiger partial charge in [-0.25, -0.2) is 0 Å². The average molecular weight is 407 g/mol. The van der Waals surface area contributed by atoms with Gasteiger partial charge < -0.3 is 19.8 Å². The summed E-state index contributed by atoms with van der Waals surface area (Å²) < 4.78 is 5.40. The van der Waals surface area contributed by atoms with Gasteiger partial charge in [0.15, 0.2) is 6.23 Å². The molecule has 2 N–H and O–H groups in total. The Balaban J connectivity index is 1.83. The third-order valence-corrected chi connectivity index (χ3v) is 4.83. The Morgan fingerprint density at radius 1 is 1.12 bits per heavy atom. The molecular formula is C18H28Cl2N2O4. The minimum atomic E-state index is -0.955. The van der Waals surface area contributed by atoms with Crippen LogP contribution >= 0.6 is 23.2 Å². The molecule has 0 amide bonds. The SMILES string of the molecule is CON(CCCc1ccc(N(CCCl)CCCl)cc1)[C@@H]1OC[C@@H](O)[C@H]1O. The maximum absolute atomic E-state index is 9.93. The van der Waals surface area contributed by atoms with Crippen molar-refractivity contribution in [2.75, 3.05) is 50.0 Å². The molecule has 3 atom stereocenters. The van der Waals surface area contributed by atoms with Gasteiger partial charge >= 0.3 is 0 Å². The molecule has 0 unspecified atom stereocenters. The van der Waals surface area contributed by atoms with Gasteiger partial charge in [-0.1, -0.05) is 12.1 Å². The number of alkyl halides is 2. The highest BCUT2D eigenvalue weighted by atomic mass is 35.5. The predicted molar refractivity (Wildman–Crippen MR) is 104 cm³/mol. The van der Waals surface area contributed by atoms with Crippen LogP contribution in [0.15, 0.2) is 24.3 Å². The second-order valence-corrected chi connectivity index (χ2v) is 7.00. The van der Waals surface area contributed by atoms with Crippen molar-refractivity contribution >= 4 is 28.9 Å². The van der Waals surface area contributed by atoms with E-state index in [0.29, 0.717) is 18.3 Å². The van der Waals surface area contributed by atoms with E-state index in [-0.39, 0.29) is 6.61 Å². The Hall–Kier alpha value is -0.600. The van der Waals surface area contributed by atoms with Crippen LogP contribution in [0.25, 0.3) is 0 Å². The summed E-state index contributed by atoms with van der Waals surface area (Å²) in [5, 5.41) is 21.1. The molecule has 1 aliphatic heterocycles. The number of benzene rings is 1. The number of aliphatic hydroxyl groups excluding tert-OH is 2. The molecular weight excluding hydrogens is 379 g/mol. The summed E-state index contributed by atoms with van der Waals surface area (Å²) in [6.07, 6.45) is -0.741. The summed E-state index contributed by atoms with van der Waals surface area (Å²) in [7, 11) is 1.54. The molecule has 0 radical (unpaired) electrons. The predicted octanol–water partition coefficient (Wildman–Crippen LogP) is 1.84. The first-order valence-corrected chi connectivity index (χ1v) is 9.92. The fraction of sp³-hybridized carbons (Fsp3) is 0.667. The summed E-state index contributed by atoms with van der Waals surface area (Å²) in [5.41, 5.74) is 2.33. The van der Waals surface area contributed by atoms with Crippen LogP contribution in [0.1, 0.15) is 12.0 Å². The summed E-state index contributed by atoms with van der Waals surface area (Å²) in [6.45, 7) is 2.25. The fourth-order valence-electron chi connectivity index (χ4n) is 3.05. The molecule has 1 aromatic carbocycles. The molecule has 1 aliphatic rings. The number of aryl methyl sites for hydroxylation is 1. The van der Waals surface area contributed by atoms with Gasteiger partial charge in [-0.05, 0) is 30.5 Å². The van der Waals surface area contributed by atoms with Crippen LogP contribution in [0, 0.1) is 0 Å². The number of rotatable bonds is 11. The van der Waals surface area contributed by atoms with E-state index >= 15 is 0 Å². The zero-order chi connectivity index (χ0) is 18.9. The number of hydrogen-bond acceptors (Lipinski definition) is 6. The van der Waals surface area contributed by atoms with Crippen LogP contribution in [0.4, 0.5) is 5.69 Å². The smallest absolute Gasteiger partial charge is 0.161 e. The molecule has 1 saturated heterocycles. The maximum Gasteiger partial charge on any atom is 0.161 e. The van der Waals surface area contributed by atoms with E-state index in [1.165, 1.54) is 12.7 Å². The molecule has 0 spiro atoms. The Morgan fingerprint density at radius 3 is 2.27 bits per heavy atom. The second kappa shape index (κ2) is 11.3. The lowest BCUT2D eigenvalue weighted by Crippen LogP contribution is -2.44. The molecule has 0 aliphatic carbocycles. The van der Waals surface area contributed by atoms with Gasteiger partial charge in [0.05, 0.1) is 13.7 Å². The van der Waals surface area contributed by atoms with E-state index in [0.717, 1.165) is 31.6 Å². The zero-order valence-corrected chi connectivity index (χ0v) is 16.6. The third kappa shape index (κ3) is 5.96. The third-order valence-electron chi connectivity index (χ3n) is 4.50. The molecule has 0 bridgehead atoms. The van der Waals surface area contributed by atoms with Gasteiger partial charge in [0, 0.05) is 37.1 Å². The molecule has 6 nitrogen and oxygen atoms in total. The molecule has 1 heterocycles. The Labute approximate surface area is 165 Å². The topological polar surface area (TPSA) is 65.4 Å². The van der Waals surface area contributed by atoms with Crippen molar-refractivity contribution in [1.82, 2.24) is 5.06 Å². The van der Waals surface area contributed by atoms with Crippen LogP contribution in [0.3, 0.4) is 0 Å². The lowest BCUT2D eigenvalue weighted by molar-refractivity contribution is -0.242. The van der Waals surface area contributed by atoms with Crippen molar-refractivity contribution in [3.8, 4) is 0 Å². The van der Waals surface area contributed by atoms with Crippen molar-refractivity contribution in [1.29, 1.82) is 0 Å². The highest BCUT2D eigenvalue weighted by Crippen LogP contribution is 2.20. The molecule has 1 aromatic rings. The number of halogens is 2. The van der Waals surface area contributed by atoms with Gasteiger partial charge in [0.2, 0.25) is 0 Å². The Bertz CT molecular complexity index is 514. The van der Waals surface area contributed by atoms with Gasteiger partial charge in [-0.3, -0.25) is 4.84 Å². The highest BCUT2D eigenvalue weighted by Gasteiger charge is 2.38. The summed E-state index contributed by atoms with van der Waals surface area (Å²) in [4.78, 5) is 7.47. The van der Waals surface area contributed by atoms with Crippen LogP contribution in [0.2, 0.25) is 0 Å². The van der Waals surface area contributed by atoms with Crippen molar-refractivity contribution in [3.63, 3.8) is 0 Å². The van der Waals surface area contributed by atoms with Crippen LogP contribution in [0.5, 0.6) is 0 Å². The largest absolute Gasteiger partial charge is 0.388 e. The van der Waals surface area contributed by atoms with E-state index < -0.39 is 18.4 Å². The lowest BCUT2D eigenvalue weighted by Gasteiger charge is -2.27. The number of ether oxygens (including phenoxy) is 1. The maximum atomic E-state index is 9.93. The van der Waals surface area contributed by atoms with Gasteiger partial charge in [0.1, 0.15) is 12.2 Å². The highest BCUT2D eigenvalue weighted by molar-refractivity contribution is 6.18. The van der Waals surface area contributed by atoms with Gasteiger partial charge in [0.25, 0.3) is 0 Å². The van der Waals surface area contributed by atoms with Gasteiger partial charge in [-0.2, -0.15) is 5.06 Å². The van der Waals surface area contributed by atoms with Crippen molar-refractivity contribution in [2.45, 2.75) is 31.3 Å². The minimum absolute atomic E-state index is 0.119. The number of hydrogen-bond donors (Lipinski definition) is 2. The van der Waals surface area contributed by atoms with E-state index in [1.807, 2.05) is 0 Å². The number of aliphatic hydroxyl groups is 2. The molecule has 8 heteroatoms. The normalized spacial score (nSPS) is 22.9. The average Bonchev–Trinajstić information content (AvgIpc) is 2.98. The van der Waals surface area contributed by atoms with Crippen molar-refractivity contribution in [3.05, 3.63) is 29.8 Å². The molecule has 1 fully saturated rings. The Kier molecular flexibility index (Phi) is 9.42. The minimum Gasteiger partial charge on any atom is -0.388 e. The second-order valence-electron chi connectivity index (χ2n) is 6.24. The fourth-order valence-corrected chi connectivity index (χ4v) is 3.45. The van der Waals surface area contributed by atoms with E-state index in [4.69, 9.17) is 32.8 Å². The summed E-state index contributed by atoms with van der Waals surface area (Å²) in [5.74, 6) is 1.13. The van der Waals surface area contributed by atoms with Crippen molar-refractivity contribution in [2.24, 2.45) is 0 Å². The monoisotopic (exact) mass is 406 g/mol. The summed E-state index contributed by atoms with van der Waals surface area (Å²) >= 11 is 11.7. The quantitative estimate of drug-likeness (QED) is 0.431. The van der Waals surface area contributed by atoms with Crippen LogP contribution in [-0.4, -0.2) is 78.8 Å². The molecule has 0 saturated carbocycles. The molecule has 148 valence electrons. The first-order chi connectivity index (χ1) is 12.6.